The van der Waals surface area contributed by atoms with Crippen LogP contribution in [0.3, 0.4) is 0 Å². The number of benzene rings is 2. The second kappa shape index (κ2) is 8.33. The summed E-state index contributed by atoms with van der Waals surface area (Å²) in [5, 5.41) is 3.14. The van der Waals surface area contributed by atoms with E-state index in [9.17, 15) is 4.79 Å². The number of aliphatic imine (C=N–C) groups is 1. The predicted octanol–water partition coefficient (Wildman–Crippen LogP) is 2.46. The molecule has 1 aliphatic heterocycles. The molecule has 3 N–H and O–H groups in total. The van der Waals surface area contributed by atoms with Crippen molar-refractivity contribution in [3.63, 3.8) is 0 Å². The standard InChI is InChI=1S/C20H24N4O/c21-20(22-13-12-16-5-2-1-3-6-16)23-15-17-8-10-18(11-9-17)24-14-4-7-19(24)25/h1-3,5-6,8-11H,4,7,12-15H2,(H3,21,22,23). The van der Waals surface area contributed by atoms with Crippen molar-refractivity contribution in [2.75, 3.05) is 18.0 Å². The largest absolute Gasteiger partial charge is 0.370 e. The Bertz CT molecular complexity index is 725. The third-order valence-corrected chi connectivity index (χ3v) is 4.32. The lowest BCUT2D eigenvalue weighted by molar-refractivity contribution is -0.117. The molecule has 0 aliphatic carbocycles. The minimum absolute atomic E-state index is 0.206. The molecule has 25 heavy (non-hydrogen) atoms. The highest BCUT2D eigenvalue weighted by Gasteiger charge is 2.21. The molecule has 0 radical (unpaired) electrons. The van der Waals surface area contributed by atoms with Gasteiger partial charge >= 0.3 is 0 Å². The molecule has 1 saturated heterocycles. The molecule has 3 rings (SSSR count). The van der Waals surface area contributed by atoms with Crippen molar-refractivity contribution in [2.24, 2.45) is 10.7 Å². The number of carbonyl (C=O) groups is 1. The smallest absolute Gasteiger partial charge is 0.227 e. The third-order valence-electron chi connectivity index (χ3n) is 4.32. The highest BCUT2D eigenvalue weighted by molar-refractivity contribution is 5.95. The molecule has 130 valence electrons. The van der Waals surface area contributed by atoms with Crippen LogP contribution in [0.4, 0.5) is 5.69 Å². The molecule has 5 heteroatoms. The van der Waals surface area contributed by atoms with Crippen LogP contribution in [0.1, 0.15) is 24.0 Å². The summed E-state index contributed by atoms with van der Waals surface area (Å²) in [6.45, 7) is 2.10. The van der Waals surface area contributed by atoms with Gasteiger partial charge in [0.2, 0.25) is 5.91 Å². The monoisotopic (exact) mass is 336 g/mol. The summed E-state index contributed by atoms with van der Waals surface area (Å²) in [4.78, 5) is 18.0. The first-order chi connectivity index (χ1) is 12.2. The van der Waals surface area contributed by atoms with Crippen molar-refractivity contribution in [2.45, 2.75) is 25.8 Å². The number of anilines is 1. The van der Waals surface area contributed by atoms with Crippen LogP contribution in [-0.2, 0) is 17.8 Å². The summed E-state index contributed by atoms with van der Waals surface area (Å²) >= 11 is 0. The van der Waals surface area contributed by atoms with Gasteiger partial charge in [0.15, 0.2) is 5.96 Å². The molecule has 0 unspecified atom stereocenters. The van der Waals surface area contributed by atoms with Crippen LogP contribution in [0.25, 0.3) is 0 Å². The van der Waals surface area contributed by atoms with Gasteiger partial charge in [-0.1, -0.05) is 42.5 Å². The zero-order chi connectivity index (χ0) is 17.5. The summed E-state index contributed by atoms with van der Waals surface area (Å²) in [6.07, 6.45) is 2.50. The Morgan fingerprint density at radius 2 is 1.84 bits per heavy atom. The molecule has 0 bridgehead atoms. The minimum Gasteiger partial charge on any atom is -0.370 e. The fourth-order valence-corrected chi connectivity index (χ4v) is 2.91. The molecular weight excluding hydrogens is 312 g/mol. The van der Waals surface area contributed by atoms with Crippen LogP contribution in [0, 0.1) is 0 Å². The molecule has 2 aromatic carbocycles. The highest BCUT2D eigenvalue weighted by atomic mass is 16.2. The number of nitrogens with zero attached hydrogens (tertiary/aromatic N) is 2. The van der Waals surface area contributed by atoms with Crippen molar-refractivity contribution < 1.29 is 4.79 Å². The summed E-state index contributed by atoms with van der Waals surface area (Å²) in [7, 11) is 0. The van der Waals surface area contributed by atoms with Gasteiger partial charge in [-0.05, 0) is 36.1 Å². The van der Waals surface area contributed by atoms with Crippen LogP contribution >= 0.6 is 0 Å². The predicted molar refractivity (Wildman–Crippen MR) is 102 cm³/mol. The van der Waals surface area contributed by atoms with E-state index in [1.807, 2.05) is 47.4 Å². The van der Waals surface area contributed by atoms with Crippen LogP contribution in [0.5, 0.6) is 0 Å². The number of rotatable bonds is 6. The quantitative estimate of drug-likeness (QED) is 0.629. The second-order valence-electron chi connectivity index (χ2n) is 6.18. The summed E-state index contributed by atoms with van der Waals surface area (Å²) in [5.74, 6) is 0.660. The summed E-state index contributed by atoms with van der Waals surface area (Å²) in [5.41, 5.74) is 9.23. The Morgan fingerprint density at radius 1 is 1.08 bits per heavy atom. The van der Waals surface area contributed by atoms with E-state index in [-0.39, 0.29) is 5.91 Å². The average molecular weight is 336 g/mol. The second-order valence-corrected chi connectivity index (χ2v) is 6.18. The first-order valence-electron chi connectivity index (χ1n) is 8.69. The highest BCUT2D eigenvalue weighted by Crippen LogP contribution is 2.21. The van der Waals surface area contributed by atoms with Crippen LogP contribution in [-0.4, -0.2) is 25.0 Å². The topological polar surface area (TPSA) is 70.7 Å². The van der Waals surface area contributed by atoms with Crippen LogP contribution in [0.2, 0.25) is 0 Å². The number of carbonyl (C=O) groups excluding carboxylic acids is 1. The Labute approximate surface area is 148 Å². The average Bonchev–Trinajstić information content (AvgIpc) is 3.07. The van der Waals surface area contributed by atoms with E-state index in [2.05, 4.69) is 22.4 Å². The van der Waals surface area contributed by atoms with Gasteiger partial charge in [0, 0.05) is 25.2 Å². The summed E-state index contributed by atoms with van der Waals surface area (Å²) < 4.78 is 0. The lowest BCUT2D eigenvalue weighted by Crippen LogP contribution is -2.33. The maximum atomic E-state index is 11.8. The van der Waals surface area contributed by atoms with E-state index < -0.39 is 0 Å². The molecular formula is C20H24N4O. The van der Waals surface area contributed by atoms with Crippen molar-refractivity contribution in [3.8, 4) is 0 Å². The SMILES string of the molecule is NC(=NCc1ccc(N2CCCC2=O)cc1)NCCc1ccccc1. The number of hydrogen-bond acceptors (Lipinski definition) is 2. The zero-order valence-corrected chi connectivity index (χ0v) is 14.3. The van der Waals surface area contributed by atoms with Crippen molar-refractivity contribution >= 4 is 17.6 Å². The normalized spacial score (nSPS) is 14.8. The Morgan fingerprint density at radius 3 is 2.52 bits per heavy atom. The number of nitrogens with two attached hydrogens (primary N) is 1. The van der Waals surface area contributed by atoms with Gasteiger partial charge in [-0.15, -0.1) is 0 Å². The van der Waals surface area contributed by atoms with Crippen molar-refractivity contribution in [1.82, 2.24) is 5.32 Å². The number of nitrogens with one attached hydrogen (secondary N) is 1. The molecule has 1 amide bonds. The minimum atomic E-state index is 0.206. The van der Waals surface area contributed by atoms with Gasteiger partial charge in [-0.25, -0.2) is 4.99 Å². The molecule has 1 heterocycles. The zero-order valence-electron chi connectivity index (χ0n) is 14.3. The fraction of sp³-hybridized carbons (Fsp3) is 0.300. The van der Waals surface area contributed by atoms with Crippen LogP contribution in [0.15, 0.2) is 59.6 Å². The lowest BCUT2D eigenvalue weighted by Gasteiger charge is -2.15. The van der Waals surface area contributed by atoms with Gasteiger partial charge in [-0.2, -0.15) is 0 Å². The van der Waals surface area contributed by atoms with Crippen molar-refractivity contribution in [3.05, 3.63) is 65.7 Å². The van der Waals surface area contributed by atoms with Crippen LogP contribution < -0.4 is 16.0 Å². The number of guanidine groups is 1. The Hall–Kier alpha value is -2.82. The summed E-state index contributed by atoms with van der Waals surface area (Å²) in [6, 6.07) is 18.2. The van der Waals surface area contributed by atoms with E-state index in [4.69, 9.17) is 5.73 Å². The van der Waals surface area contributed by atoms with Gasteiger partial charge in [0.25, 0.3) is 0 Å². The van der Waals surface area contributed by atoms with E-state index in [0.29, 0.717) is 18.9 Å². The molecule has 1 fully saturated rings. The van der Waals surface area contributed by atoms with E-state index >= 15 is 0 Å². The lowest BCUT2D eigenvalue weighted by atomic mass is 10.1. The molecule has 0 atom stereocenters. The maximum Gasteiger partial charge on any atom is 0.227 e. The molecule has 0 spiro atoms. The Balaban J connectivity index is 1.46. The number of amides is 1. The third kappa shape index (κ3) is 4.83. The fourth-order valence-electron chi connectivity index (χ4n) is 2.91. The van der Waals surface area contributed by atoms with Gasteiger partial charge < -0.3 is 16.0 Å². The number of hydrogen-bond donors (Lipinski definition) is 2. The molecule has 1 aliphatic rings. The molecule has 2 aromatic rings. The van der Waals surface area contributed by atoms with Crippen molar-refractivity contribution in [1.29, 1.82) is 0 Å². The molecule has 0 aromatic heterocycles. The van der Waals surface area contributed by atoms with E-state index in [1.165, 1.54) is 5.56 Å². The van der Waals surface area contributed by atoms with Gasteiger partial charge in [0.1, 0.15) is 0 Å². The molecule has 0 saturated carbocycles. The van der Waals surface area contributed by atoms with E-state index in [0.717, 1.165) is 37.2 Å². The maximum absolute atomic E-state index is 11.8. The van der Waals surface area contributed by atoms with Gasteiger partial charge in [-0.3, -0.25) is 4.79 Å². The first kappa shape index (κ1) is 17.0. The first-order valence-corrected chi connectivity index (χ1v) is 8.69. The van der Waals surface area contributed by atoms with Gasteiger partial charge in [0.05, 0.1) is 6.54 Å². The Kier molecular flexibility index (Phi) is 5.67. The molecule has 5 nitrogen and oxygen atoms in total. The van der Waals surface area contributed by atoms with E-state index in [1.54, 1.807) is 0 Å².